The summed E-state index contributed by atoms with van der Waals surface area (Å²) in [5, 5.41) is 2.86. The van der Waals surface area contributed by atoms with Crippen LogP contribution in [-0.4, -0.2) is 18.4 Å². The molecule has 0 aliphatic rings. The van der Waals surface area contributed by atoms with Gasteiger partial charge < -0.3 is 10.2 Å². The molecule has 2 amide bonds. The summed E-state index contributed by atoms with van der Waals surface area (Å²) in [6.07, 6.45) is -0.171. The van der Waals surface area contributed by atoms with Crippen molar-refractivity contribution in [3.05, 3.63) is 59.2 Å². The second-order valence-corrected chi connectivity index (χ2v) is 5.97. The SMILES string of the molecule is CCN(C(=O)CC(=O)Nc1c(C)cccc1C)c1cccc(C)c1. The Balaban J connectivity index is 2.09. The summed E-state index contributed by atoms with van der Waals surface area (Å²) in [4.78, 5) is 26.4. The van der Waals surface area contributed by atoms with Crippen LogP contribution in [0.4, 0.5) is 11.4 Å². The highest BCUT2D eigenvalue weighted by atomic mass is 16.2. The van der Waals surface area contributed by atoms with Gasteiger partial charge in [-0.1, -0.05) is 30.3 Å². The minimum absolute atomic E-state index is 0.171. The van der Waals surface area contributed by atoms with Crippen LogP contribution in [0.15, 0.2) is 42.5 Å². The number of nitrogens with zero attached hydrogens (tertiary/aromatic N) is 1. The van der Waals surface area contributed by atoms with E-state index in [1.165, 1.54) is 0 Å². The van der Waals surface area contributed by atoms with Crippen molar-refractivity contribution in [2.24, 2.45) is 0 Å². The molecule has 0 heterocycles. The number of carbonyl (C=O) groups is 2. The first-order valence-electron chi connectivity index (χ1n) is 8.15. The molecule has 4 nitrogen and oxygen atoms in total. The number of nitrogens with one attached hydrogen (secondary N) is 1. The van der Waals surface area contributed by atoms with Gasteiger partial charge in [0.1, 0.15) is 6.42 Å². The van der Waals surface area contributed by atoms with Crippen molar-refractivity contribution < 1.29 is 9.59 Å². The zero-order valence-electron chi connectivity index (χ0n) is 14.7. The number of hydrogen-bond acceptors (Lipinski definition) is 2. The lowest BCUT2D eigenvalue weighted by Gasteiger charge is -2.21. The van der Waals surface area contributed by atoms with E-state index in [1.54, 1.807) is 4.90 Å². The minimum atomic E-state index is -0.288. The average molecular weight is 324 g/mol. The number of amides is 2. The summed E-state index contributed by atoms with van der Waals surface area (Å²) in [6.45, 7) is 8.29. The summed E-state index contributed by atoms with van der Waals surface area (Å²) in [5.74, 6) is -0.490. The van der Waals surface area contributed by atoms with Gasteiger partial charge >= 0.3 is 0 Å². The van der Waals surface area contributed by atoms with Crippen LogP contribution < -0.4 is 10.2 Å². The largest absolute Gasteiger partial charge is 0.325 e. The third kappa shape index (κ3) is 4.22. The van der Waals surface area contributed by atoms with Crippen LogP contribution in [0, 0.1) is 20.8 Å². The van der Waals surface area contributed by atoms with Crippen LogP contribution >= 0.6 is 0 Å². The van der Waals surface area contributed by atoms with Crippen molar-refractivity contribution in [1.29, 1.82) is 0 Å². The topological polar surface area (TPSA) is 49.4 Å². The minimum Gasteiger partial charge on any atom is -0.325 e. The van der Waals surface area contributed by atoms with E-state index >= 15 is 0 Å². The van der Waals surface area contributed by atoms with Gasteiger partial charge in [0.05, 0.1) is 0 Å². The predicted octanol–water partition coefficient (Wildman–Crippen LogP) is 3.99. The normalized spacial score (nSPS) is 10.3. The number of para-hydroxylation sites is 1. The third-order valence-corrected chi connectivity index (χ3v) is 3.99. The molecular weight excluding hydrogens is 300 g/mol. The lowest BCUT2D eigenvalue weighted by atomic mass is 10.1. The smallest absolute Gasteiger partial charge is 0.236 e. The first kappa shape index (κ1) is 17.7. The highest BCUT2D eigenvalue weighted by Crippen LogP contribution is 2.20. The Labute approximate surface area is 143 Å². The Morgan fingerprint density at radius 1 is 1.00 bits per heavy atom. The molecule has 0 aliphatic heterocycles. The number of hydrogen-bond donors (Lipinski definition) is 1. The number of aryl methyl sites for hydroxylation is 3. The molecule has 0 atom stereocenters. The first-order chi connectivity index (χ1) is 11.4. The highest BCUT2D eigenvalue weighted by molar-refractivity contribution is 6.09. The van der Waals surface area contributed by atoms with Crippen LogP contribution in [0.5, 0.6) is 0 Å². The summed E-state index contributed by atoms with van der Waals surface area (Å²) in [6, 6.07) is 13.6. The van der Waals surface area contributed by atoms with E-state index in [-0.39, 0.29) is 18.2 Å². The van der Waals surface area contributed by atoms with Crippen molar-refractivity contribution in [2.75, 3.05) is 16.8 Å². The Hall–Kier alpha value is -2.62. The molecule has 2 aromatic rings. The quantitative estimate of drug-likeness (QED) is 0.845. The van der Waals surface area contributed by atoms with Crippen LogP contribution in [0.1, 0.15) is 30.0 Å². The molecule has 1 N–H and O–H groups in total. The van der Waals surface area contributed by atoms with Gasteiger partial charge in [-0.25, -0.2) is 0 Å². The Morgan fingerprint density at radius 2 is 1.62 bits per heavy atom. The maximum atomic E-state index is 12.5. The summed E-state index contributed by atoms with van der Waals surface area (Å²) >= 11 is 0. The molecule has 0 fully saturated rings. The fraction of sp³-hybridized carbons (Fsp3) is 0.300. The lowest BCUT2D eigenvalue weighted by molar-refractivity contribution is -0.125. The summed E-state index contributed by atoms with van der Waals surface area (Å²) < 4.78 is 0. The molecule has 24 heavy (non-hydrogen) atoms. The summed E-state index contributed by atoms with van der Waals surface area (Å²) in [7, 11) is 0. The Bertz CT molecular complexity index is 733. The number of benzene rings is 2. The standard InChI is InChI=1S/C20H24N2O2/c1-5-22(17-11-6-8-14(2)12-17)19(24)13-18(23)21-20-15(3)9-7-10-16(20)4/h6-12H,5,13H2,1-4H3,(H,21,23). The first-order valence-corrected chi connectivity index (χ1v) is 8.15. The van der Waals surface area contributed by atoms with Crippen molar-refractivity contribution in [2.45, 2.75) is 34.1 Å². The third-order valence-electron chi connectivity index (χ3n) is 3.99. The van der Waals surface area contributed by atoms with Gasteiger partial charge in [-0.15, -0.1) is 0 Å². The molecule has 2 aromatic carbocycles. The van der Waals surface area contributed by atoms with Crippen molar-refractivity contribution in [3.63, 3.8) is 0 Å². The zero-order chi connectivity index (χ0) is 17.7. The van der Waals surface area contributed by atoms with Crippen LogP contribution in [0.25, 0.3) is 0 Å². The van der Waals surface area contributed by atoms with Crippen LogP contribution in [0.2, 0.25) is 0 Å². The Morgan fingerprint density at radius 3 is 2.21 bits per heavy atom. The molecule has 0 unspecified atom stereocenters. The molecule has 2 rings (SSSR count). The zero-order valence-corrected chi connectivity index (χ0v) is 14.7. The molecule has 0 saturated heterocycles. The maximum absolute atomic E-state index is 12.5. The molecular formula is C20H24N2O2. The lowest BCUT2D eigenvalue weighted by Crippen LogP contribution is -2.33. The van der Waals surface area contributed by atoms with E-state index in [0.29, 0.717) is 6.54 Å². The van der Waals surface area contributed by atoms with Gasteiger partial charge in [0.2, 0.25) is 11.8 Å². The monoisotopic (exact) mass is 324 g/mol. The molecule has 4 heteroatoms. The van der Waals surface area contributed by atoms with Crippen LogP contribution in [0.3, 0.4) is 0 Å². The van der Waals surface area contributed by atoms with E-state index in [4.69, 9.17) is 0 Å². The van der Waals surface area contributed by atoms with Gasteiger partial charge in [0.15, 0.2) is 0 Å². The van der Waals surface area contributed by atoms with E-state index in [9.17, 15) is 9.59 Å². The summed E-state index contributed by atoms with van der Waals surface area (Å²) in [5.41, 5.74) is 4.67. The molecule has 0 saturated carbocycles. The van der Waals surface area contributed by atoms with Gasteiger partial charge in [-0.2, -0.15) is 0 Å². The molecule has 0 bridgehead atoms. The van der Waals surface area contributed by atoms with Crippen LogP contribution in [-0.2, 0) is 9.59 Å². The number of anilines is 2. The van der Waals surface area contributed by atoms with E-state index < -0.39 is 0 Å². The van der Waals surface area contributed by atoms with Crippen molar-refractivity contribution >= 4 is 23.2 Å². The van der Waals surface area contributed by atoms with Gasteiger partial charge in [0, 0.05) is 17.9 Å². The highest BCUT2D eigenvalue weighted by Gasteiger charge is 2.18. The molecule has 0 aliphatic carbocycles. The van der Waals surface area contributed by atoms with E-state index in [2.05, 4.69) is 5.32 Å². The fourth-order valence-corrected chi connectivity index (χ4v) is 2.73. The average Bonchev–Trinajstić information content (AvgIpc) is 2.52. The molecule has 126 valence electrons. The Kier molecular flexibility index (Phi) is 5.74. The molecule has 0 spiro atoms. The van der Waals surface area contributed by atoms with Crippen molar-refractivity contribution in [3.8, 4) is 0 Å². The fourth-order valence-electron chi connectivity index (χ4n) is 2.73. The second-order valence-electron chi connectivity index (χ2n) is 5.97. The van der Waals surface area contributed by atoms with Gasteiger partial charge in [-0.05, 0) is 56.5 Å². The number of rotatable bonds is 5. The van der Waals surface area contributed by atoms with Gasteiger partial charge in [-0.3, -0.25) is 9.59 Å². The predicted molar refractivity (Wildman–Crippen MR) is 98.4 cm³/mol. The van der Waals surface area contributed by atoms with Crippen molar-refractivity contribution in [1.82, 2.24) is 0 Å². The van der Waals surface area contributed by atoms with E-state index in [0.717, 1.165) is 28.1 Å². The second kappa shape index (κ2) is 7.77. The van der Waals surface area contributed by atoms with Gasteiger partial charge in [0.25, 0.3) is 0 Å². The molecule has 0 aromatic heterocycles. The maximum Gasteiger partial charge on any atom is 0.236 e. The molecule has 0 radical (unpaired) electrons. The number of carbonyl (C=O) groups excluding carboxylic acids is 2. The van der Waals surface area contributed by atoms with E-state index in [1.807, 2.05) is 70.2 Å².